The van der Waals surface area contributed by atoms with Gasteiger partial charge in [-0.15, -0.1) is 0 Å². The van der Waals surface area contributed by atoms with Crippen LogP contribution in [-0.2, 0) is 78.5 Å². The molecule has 0 saturated heterocycles. The van der Waals surface area contributed by atoms with Gasteiger partial charge in [0.1, 0.15) is 180 Å². The highest BCUT2D eigenvalue weighted by molar-refractivity contribution is 5.56. The summed E-state index contributed by atoms with van der Waals surface area (Å²) in [5.41, 5.74) is 74.9. The minimum Gasteiger partial charge on any atom is -0.508 e. The molecule has 32 heteroatoms. The van der Waals surface area contributed by atoms with Crippen LogP contribution >= 0.6 is 0 Å². The topological polar surface area (TPSA) is 577 Å². The maximum Gasteiger partial charge on any atom is 0.200 e. The molecule has 0 aliphatic heterocycles. The van der Waals surface area contributed by atoms with Crippen LogP contribution in [0.3, 0.4) is 0 Å². The van der Waals surface area contributed by atoms with Gasteiger partial charge in [-0.2, -0.15) is 0 Å². The maximum atomic E-state index is 10.2. The number of hydrogen-bond donors (Lipinski definition) is 15. The third kappa shape index (κ3) is 25.6. The molecule has 32 nitrogen and oxygen atoms in total. The van der Waals surface area contributed by atoms with E-state index < -0.39 is 0 Å². The average molecular weight is 1930 g/mol. The number of furan rings is 12. The van der Waals surface area contributed by atoms with Crippen LogP contribution in [0.2, 0.25) is 0 Å². The fourth-order valence-electron chi connectivity index (χ4n) is 16.1. The average Bonchev–Trinajstić information content (AvgIpc) is 1.38. The molecule has 6 aromatic carbocycles. The van der Waals surface area contributed by atoms with Gasteiger partial charge in [0.25, 0.3) is 0 Å². The van der Waals surface area contributed by atoms with Crippen LogP contribution in [-0.4, -0.2) is 50.9 Å². The minimum absolute atomic E-state index is 0.0679. The fourth-order valence-corrected chi connectivity index (χ4v) is 16.1. The Morgan fingerprint density at radius 2 is 0.394 bits per heavy atom. The van der Waals surface area contributed by atoms with Crippen molar-refractivity contribution in [3.63, 3.8) is 0 Å². The SMILES string of the molecule is CC(C)c1ccc(C(c2ccc(CN)o2)c2ccc(CN)o2)cc1.COc1cc(C(c2ccc(CN)o2)c2ccc(CN)o2)cc(OC)c1O.COc1cc(C(c2ccc(CN)o2)c2ccc(CN)o2)ccc1O.COc1ccc(C(c2ccc(CN)o2)c2ccc(CN)o2)cc1OC.NCc1ccc(C(c2ccc(O)cc2)c2ccc(CN)o2)o1.NCc1ccc(C(c2ccccc2)c2ccc(CN)o2)o1. The molecular formula is C110H124N12O20. The summed E-state index contributed by atoms with van der Waals surface area (Å²) >= 11 is 0. The first kappa shape index (κ1) is 104. The number of aromatic hydroxyl groups is 3. The molecule has 0 aliphatic rings. The van der Waals surface area contributed by atoms with Gasteiger partial charge in [0.2, 0.25) is 5.75 Å². The zero-order valence-electron chi connectivity index (χ0n) is 80.2. The lowest BCUT2D eigenvalue weighted by Gasteiger charge is -2.17. The molecule has 0 spiro atoms. The standard InChI is InChI=1S/C20H24N2O2.C19H22N2O5.C19H22N2O4.C18H20N2O4.C17H18N2O3.C17H18N2O2/c1-13(2)14-3-5-15(6-4-14)20(18-9-7-16(11-21)23-18)19-10-8-17(12-22)24-19;1-23-16-7-11(8-17(24-2)19(16)22)18(14-5-3-12(9-20)25-14)15-6-4-13(10-21)26-15;1-22-15-6-3-12(9-18(15)23-2)19(16-7-4-13(10-20)24-16)17-8-5-14(11-21)25-17;1-22-17-8-11(2-5-14(17)21)18(15-6-3-12(9-19)23-15)16-7-4-13(10-20)24-16;18-9-13-5-7-15(21-13)17(11-1-3-12(20)4-2-11)16-8-6-14(10-19)22-16;18-10-13-6-8-15(20-13)17(12-4-2-1-3-5-12)16-9-7-14(11-19)21-16/h3-10,13,20H,11-12,21-22H2,1-2H3;3-8,18,22H,9-10,20-21H2,1-2H3;3-9,19H,10-11,20-21H2,1-2H3;2-8,18,21H,9-10,19-20H2,1H3;1-8,17,20H,9-10,18-19H2;1-9,17H,10-11,18-19H2. The van der Waals surface area contributed by atoms with Crippen molar-refractivity contribution in [2.45, 2.75) is 134 Å². The number of ether oxygens (including phenoxy) is 5. The van der Waals surface area contributed by atoms with Crippen molar-refractivity contribution in [1.82, 2.24) is 0 Å². The Bertz CT molecular complexity index is 6600. The zero-order chi connectivity index (χ0) is 101. The van der Waals surface area contributed by atoms with E-state index in [9.17, 15) is 15.3 Å². The van der Waals surface area contributed by atoms with Crippen LogP contribution < -0.4 is 92.5 Å². The lowest BCUT2D eigenvalue weighted by Crippen LogP contribution is -2.03. The molecule has 0 aliphatic carbocycles. The number of nitrogens with two attached hydrogens (primary N) is 12. The molecule has 0 amide bonds. The quantitative estimate of drug-likeness (QED) is 0.0173. The van der Waals surface area contributed by atoms with Gasteiger partial charge in [0.05, 0.1) is 114 Å². The van der Waals surface area contributed by atoms with E-state index in [-0.39, 0.29) is 52.8 Å². The van der Waals surface area contributed by atoms with Crippen molar-refractivity contribution < 1.29 is 92.0 Å². The highest BCUT2D eigenvalue weighted by atomic mass is 16.5. The molecule has 12 aromatic heterocycles. The van der Waals surface area contributed by atoms with Crippen LogP contribution in [0.1, 0.15) is 232 Å². The molecule has 18 rings (SSSR count). The van der Waals surface area contributed by atoms with Crippen LogP contribution in [0, 0.1) is 0 Å². The minimum atomic E-state index is -0.376. The summed E-state index contributed by atoms with van der Waals surface area (Å²) in [7, 11) is 7.68. The summed E-state index contributed by atoms with van der Waals surface area (Å²) in [6, 6.07) is 85.3. The summed E-state index contributed by atoms with van der Waals surface area (Å²) < 4.78 is 96.7. The number of rotatable bonds is 36. The normalized spacial score (nSPS) is 11.2. The zero-order valence-corrected chi connectivity index (χ0v) is 80.2. The first-order valence-electron chi connectivity index (χ1n) is 46.0. The number of hydrogen-bond acceptors (Lipinski definition) is 32. The molecule has 744 valence electrons. The number of methoxy groups -OCH3 is 5. The summed E-state index contributed by atoms with van der Waals surface area (Å²) in [6.07, 6.45) is 0. The Labute approximate surface area is 821 Å². The largest absolute Gasteiger partial charge is 0.508 e. The van der Waals surface area contributed by atoms with E-state index in [1.165, 1.54) is 26.9 Å². The Hall–Kier alpha value is -15.4. The summed E-state index contributed by atoms with van der Waals surface area (Å²) in [5.74, 6) is 19.2. The molecule has 0 bridgehead atoms. The second-order valence-electron chi connectivity index (χ2n) is 32.8. The number of phenols is 3. The summed E-state index contributed by atoms with van der Waals surface area (Å²) in [6.45, 7) is 8.48. The smallest absolute Gasteiger partial charge is 0.200 e. The molecule has 0 unspecified atom stereocenters. The van der Waals surface area contributed by atoms with Gasteiger partial charge in [0, 0.05) is 0 Å². The van der Waals surface area contributed by atoms with Gasteiger partial charge in [-0.3, -0.25) is 0 Å². The Morgan fingerprint density at radius 1 is 0.197 bits per heavy atom. The first-order valence-corrected chi connectivity index (χ1v) is 46.0. The molecule has 18 aromatic rings. The highest BCUT2D eigenvalue weighted by Crippen LogP contribution is 2.47. The Balaban J connectivity index is 0.000000143. The molecule has 0 saturated carbocycles. The number of phenolic OH excluding ortho intramolecular Hbond substituents is 3. The lowest BCUT2D eigenvalue weighted by atomic mass is 9.92. The molecule has 12 heterocycles. The van der Waals surface area contributed by atoms with Crippen molar-refractivity contribution in [3.8, 4) is 46.0 Å². The van der Waals surface area contributed by atoms with Gasteiger partial charge < -0.3 is 161 Å². The van der Waals surface area contributed by atoms with Crippen molar-refractivity contribution in [2.24, 2.45) is 68.8 Å². The van der Waals surface area contributed by atoms with Crippen LogP contribution in [0.15, 0.2) is 326 Å². The highest BCUT2D eigenvalue weighted by Gasteiger charge is 2.33. The van der Waals surface area contributed by atoms with E-state index in [0.717, 1.165) is 103 Å². The van der Waals surface area contributed by atoms with Crippen LogP contribution in [0.4, 0.5) is 0 Å². The number of benzene rings is 6. The molecule has 0 fully saturated rings. The molecule has 0 radical (unpaired) electrons. The van der Waals surface area contributed by atoms with E-state index in [1.54, 1.807) is 56.7 Å². The van der Waals surface area contributed by atoms with Crippen molar-refractivity contribution in [1.29, 1.82) is 0 Å². The van der Waals surface area contributed by atoms with E-state index >= 15 is 0 Å². The molecular weight excluding hydrogens is 1810 g/mol. The lowest BCUT2D eigenvalue weighted by molar-refractivity contribution is 0.338. The first-order chi connectivity index (χ1) is 69.1. The monoisotopic (exact) mass is 1930 g/mol. The second kappa shape index (κ2) is 50.4. The second-order valence-corrected chi connectivity index (χ2v) is 32.8. The molecule has 27 N–H and O–H groups in total. The van der Waals surface area contributed by atoms with Gasteiger partial charge in [-0.25, -0.2) is 0 Å². The van der Waals surface area contributed by atoms with Gasteiger partial charge in [-0.1, -0.05) is 92.7 Å². The van der Waals surface area contributed by atoms with Crippen LogP contribution in [0.5, 0.6) is 46.0 Å². The Kier molecular flexibility index (Phi) is 36.9. The predicted octanol–water partition coefficient (Wildman–Crippen LogP) is 18.1. The van der Waals surface area contributed by atoms with Crippen molar-refractivity contribution in [2.75, 3.05) is 35.5 Å². The van der Waals surface area contributed by atoms with E-state index in [4.69, 9.17) is 145 Å². The predicted molar refractivity (Wildman–Crippen MR) is 535 cm³/mol. The third-order valence-corrected chi connectivity index (χ3v) is 23.4. The summed E-state index contributed by atoms with van der Waals surface area (Å²) in [5, 5.41) is 29.5. The van der Waals surface area contributed by atoms with Crippen molar-refractivity contribution in [3.05, 3.63) is 450 Å². The van der Waals surface area contributed by atoms with E-state index in [1.807, 2.05) is 194 Å². The third-order valence-electron chi connectivity index (χ3n) is 23.4. The van der Waals surface area contributed by atoms with E-state index in [0.29, 0.717) is 182 Å². The Morgan fingerprint density at radius 3 is 0.627 bits per heavy atom. The fraction of sp³-hybridized carbons (Fsp3) is 0.236. The maximum absolute atomic E-state index is 10.2. The van der Waals surface area contributed by atoms with E-state index in [2.05, 4.69) is 50.2 Å². The van der Waals surface area contributed by atoms with Gasteiger partial charge in [-0.05, 0) is 239 Å². The molecule has 0 atom stereocenters. The van der Waals surface area contributed by atoms with Crippen molar-refractivity contribution >= 4 is 0 Å². The van der Waals surface area contributed by atoms with Gasteiger partial charge >= 0.3 is 0 Å². The molecule has 142 heavy (non-hydrogen) atoms. The summed E-state index contributed by atoms with van der Waals surface area (Å²) in [4.78, 5) is 0. The van der Waals surface area contributed by atoms with Gasteiger partial charge in [0.15, 0.2) is 34.5 Å². The van der Waals surface area contributed by atoms with Crippen LogP contribution in [0.25, 0.3) is 0 Å².